The SMILES string of the molecule is COCCN1CCC2(C1)CN(C(=O)C1CCOC1)C2.O=C(O)C(F)(F)F. The van der Waals surface area contributed by atoms with Gasteiger partial charge in [0.1, 0.15) is 0 Å². The minimum Gasteiger partial charge on any atom is -0.475 e. The molecule has 1 unspecified atom stereocenters. The number of methoxy groups -OCH3 is 1. The molecular weight excluding hydrogens is 357 g/mol. The van der Waals surface area contributed by atoms with Gasteiger partial charge in [-0.2, -0.15) is 13.2 Å². The topological polar surface area (TPSA) is 79.3 Å². The van der Waals surface area contributed by atoms with E-state index in [-0.39, 0.29) is 5.92 Å². The van der Waals surface area contributed by atoms with E-state index >= 15 is 0 Å². The van der Waals surface area contributed by atoms with Gasteiger partial charge in [0.05, 0.1) is 19.1 Å². The van der Waals surface area contributed by atoms with Crippen LogP contribution in [0.4, 0.5) is 13.2 Å². The number of halogens is 3. The molecule has 0 aromatic rings. The van der Waals surface area contributed by atoms with Crippen molar-refractivity contribution in [3.8, 4) is 0 Å². The largest absolute Gasteiger partial charge is 0.490 e. The lowest BCUT2D eigenvalue weighted by Gasteiger charge is -2.49. The lowest BCUT2D eigenvalue weighted by molar-refractivity contribution is -0.192. The summed E-state index contributed by atoms with van der Waals surface area (Å²) in [5, 5.41) is 7.12. The summed E-state index contributed by atoms with van der Waals surface area (Å²) < 4.78 is 42.2. The second-order valence-corrected chi connectivity index (χ2v) is 7.08. The third kappa shape index (κ3) is 5.31. The van der Waals surface area contributed by atoms with Gasteiger partial charge in [-0.15, -0.1) is 0 Å². The number of ether oxygens (including phenoxy) is 2. The summed E-state index contributed by atoms with van der Waals surface area (Å²) in [5.74, 6) is -2.31. The van der Waals surface area contributed by atoms with Crippen LogP contribution in [0.1, 0.15) is 12.8 Å². The van der Waals surface area contributed by atoms with E-state index in [1.54, 1.807) is 7.11 Å². The van der Waals surface area contributed by atoms with Gasteiger partial charge in [0.2, 0.25) is 5.91 Å². The van der Waals surface area contributed by atoms with Crippen molar-refractivity contribution >= 4 is 11.9 Å². The van der Waals surface area contributed by atoms with Crippen molar-refractivity contribution in [2.45, 2.75) is 19.0 Å². The minimum atomic E-state index is -5.08. The lowest BCUT2D eigenvalue weighted by Crippen LogP contribution is -2.60. The monoisotopic (exact) mass is 382 g/mol. The lowest BCUT2D eigenvalue weighted by atomic mass is 9.78. The number of aliphatic carboxylic acids is 1. The van der Waals surface area contributed by atoms with Crippen LogP contribution in [0.15, 0.2) is 0 Å². The van der Waals surface area contributed by atoms with Crippen molar-refractivity contribution in [1.29, 1.82) is 0 Å². The van der Waals surface area contributed by atoms with Crippen LogP contribution >= 0.6 is 0 Å². The average molecular weight is 382 g/mol. The maximum atomic E-state index is 12.2. The molecule has 10 heteroatoms. The Morgan fingerprint density at radius 1 is 1.31 bits per heavy atom. The van der Waals surface area contributed by atoms with Crippen molar-refractivity contribution < 1.29 is 37.3 Å². The fourth-order valence-corrected chi connectivity index (χ4v) is 3.60. The zero-order chi connectivity index (χ0) is 19.4. The highest BCUT2D eigenvalue weighted by molar-refractivity contribution is 5.80. The molecule has 3 aliphatic rings. The highest BCUT2D eigenvalue weighted by atomic mass is 19.4. The van der Waals surface area contributed by atoms with Crippen molar-refractivity contribution in [3.63, 3.8) is 0 Å². The van der Waals surface area contributed by atoms with E-state index in [2.05, 4.69) is 4.90 Å². The highest BCUT2D eigenvalue weighted by Crippen LogP contribution is 2.40. The summed E-state index contributed by atoms with van der Waals surface area (Å²) in [7, 11) is 1.75. The number of carboxylic acid groups (broad SMARTS) is 1. The number of alkyl halides is 3. The van der Waals surface area contributed by atoms with Gasteiger partial charge in [-0.1, -0.05) is 0 Å². The molecule has 0 aliphatic carbocycles. The summed E-state index contributed by atoms with van der Waals surface area (Å²) in [6.07, 6.45) is -2.95. The predicted molar refractivity (Wildman–Crippen MR) is 84.6 cm³/mol. The smallest absolute Gasteiger partial charge is 0.475 e. The highest BCUT2D eigenvalue weighted by Gasteiger charge is 2.50. The summed E-state index contributed by atoms with van der Waals surface area (Å²) in [6, 6.07) is 0. The van der Waals surface area contributed by atoms with E-state index in [1.807, 2.05) is 4.90 Å². The second kappa shape index (κ2) is 8.53. The van der Waals surface area contributed by atoms with E-state index in [4.69, 9.17) is 19.4 Å². The zero-order valence-corrected chi connectivity index (χ0v) is 14.8. The molecule has 1 spiro atoms. The van der Waals surface area contributed by atoms with Crippen LogP contribution in [-0.2, 0) is 19.1 Å². The Labute approximate surface area is 150 Å². The number of hydrogen-bond acceptors (Lipinski definition) is 5. The van der Waals surface area contributed by atoms with Gasteiger partial charge in [0, 0.05) is 45.3 Å². The first-order valence-corrected chi connectivity index (χ1v) is 8.55. The quantitative estimate of drug-likeness (QED) is 0.776. The van der Waals surface area contributed by atoms with Crippen LogP contribution in [0.3, 0.4) is 0 Å². The summed E-state index contributed by atoms with van der Waals surface area (Å²) in [6.45, 7) is 7.38. The molecular formula is C16H25F3N2O5. The number of amides is 1. The van der Waals surface area contributed by atoms with Gasteiger partial charge >= 0.3 is 12.1 Å². The van der Waals surface area contributed by atoms with Crippen molar-refractivity contribution in [2.24, 2.45) is 11.3 Å². The van der Waals surface area contributed by atoms with E-state index in [1.165, 1.54) is 6.42 Å². The fraction of sp³-hybridized carbons (Fsp3) is 0.875. The van der Waals surface area contributed by atoms with Gasteiger partial charge in [-0.25, -0.2) is 4.79 Å². The Morgan fingerprint density at radius 3 is 2.46 bits per heavy atom. The minimum absolute atomic E-state index is 0.128. The first-order valence-electron chi connectivity index (χ1n) is 8.55. The van der Waals surface area contributed by atoms with Crippen LogP contribution in [-0.4, -0.2) is 92.6 Å². The molecule has 3 fully saturated rings. The zero-order valence-electron chi connectivity index (χ0n) is 14.8. The van der Waals surface area contributed by atoms with E-state index in [0.717, 1.165) is 52.4 Å². The molecule has 3 heterocycles. The number of carboxylic acids is 1. The van der Waals surface area contributed by atoms with Gasteiger partial charge in [-0.3, -0.25) is 4.79 Å². The first-order chi connectivity index (χ1) is 12.2. The van der Waals surface area contributed by atoms with Crippen LogP contribution in [0, 0.1) is 11.3 Å². The third-order valence-corrected chi connectivity index (χ3v) is 5.01. The molecule has 1 amide bonds. The maximum absolute atomic E-state index is 12.2. The number of carbonyl (C=O) groups excluding carboxylic acids is 1. The first kappa shape index (κ1) is 20.9. The molecule has 3 rings (SSSR count). The van der Waals surface area contributed by atoms with Gasteiger partial charge < -0.3 is 24.4 Å². The summed E-state index contributed by atoms with van der Waals surface area (Å²) >= 11 is 0. The average Bonchev–Trinajstić information content (AvgIpc) is 3.20. The predicted octanol–water partition coefficient (Wildman–Crippen LogP) is 0.837. The van der Waals surface area contributed by atoms with Crippen molar-refractivity contribution in [3.05, 3.63) is 0 Å². The standard InChI is InChI=1S/C14H24N2O3.C2HF3O2/c1-18-7-5-15-4-3-14(9-15)10-16(11-14)13(17)12-2-6-19-8-12;3-2(4,5)1(6)7/h12H,2-11H2,1H3;(H,6,7). The molecule has 7 nitrogen and oxygen atoms in total. The molecule has 1 N–H and O–H groups in total. The molecule has 1 atom stereocenters. The third-order valence-electron chi connectivity index (χ3n) is 5.01. The molecule has 0 saturated carbocycles. The van der Waals surface area contributed by atoms with Crippen molar-refractivity contribution in [1.82, 2.24) is 9.80 Å². The van der Waals surface area contributed by atoms with Gasteiger partial charge in [0.25, 0.3) is 0 Å². The van der Waals surface area contributed by atoms with Gasteiger partial charge in [0.15, 0.2) is 0 Å². The Morgan fingerprint density at radius 2 is 1.96 bits per heavy atom. The van der Waals surface area contributed by atoms with Crippen molar-refractivity contribution in [2.75, 3.05) is 59.7 Å². The number of rotatable bonds is 4. The summed E-state index contributed by atoms with van der Waals surface area (Å²) in [5.41, 5.74) is 0.378. The van der Waals surface area contributed by atoms with Crippen LogP contribution in [0.5, 0.6) is 0 Å². The fourth-order valence-electron chi connectivity index (χ4n) is 3.60. The van der Waals surface area contributed by atoms with E-state index in [0.29, 0.717) is 17.9 Å². The molecule has 0 bridgehead atoms. The summed E-state index contributed by atoms with van der Waals surface area (Å²) in [4.78, 5) is 25.6. The Kier molecular flexibility index (Phi) is 6.86. The molecule has 3 saturated heterocycles. The molecule has 3 aliphatic heterocycles. The molecule has 0 radical (unpaired) electrons. The van der Waals surface area contributed by atoms with Crippen LogP contribution in [0.25, 0.3) is 0 Å². The van der Waals surface area contributed by atoms with Crippen LogP contribution in [0.2, 0.25) is 0 Å². The second-order valence-electron chi connectivity index (χ2n) is 7.08. The molecule has 0 aromatic heterocycles. The number of hydrogen-bond donors (Lipinski definition) is 1. The normalized spacial score (nSPS) is 24.9. The Hall–Kier alpha value is -1.39. The molecule has 150 valence electrons. The maximum Gasteiger partial charge on any atom is 0.490 e. The number of nitrogens with zero attached hydrogens (tertiary/aromatic N) is 2. The van der Waals surface area contributed by atoms with E-state index < -0.39 is 12.1 Å². The number of carbonyl (C=O) groups is 2. The molecule has 0 aromatic carbocycles. The van der Waals surface area contributed by atoms with E-state index in [9.17, 15) is 18.0 Å². The Balaban J connectivity index is 0.000000298. The molecule has 26 heavy (non-hydrogen) atoms. The van der Waals surface area contributed by atoms with Crippen LogP contribution < -0.4 is 0 Å². The Bertz CT molecular complexity index is 503. The number of likely N-dealkylation sites (tertiary alicyclic amines) is 2. The van der Waals surface area contributed by atoms with Gasteiger partial charge in [-0.05, 0) is 19.4 Å².